The lowest BCUT2D eigenvalue weighted by Gasteiger charge is -2.18. The molecule has 1 atom stereocenters. The SMILES string of the molecule is CCOc1ccc(/C=C(/NC(=O)c2ccccc2)C(=O)Nc2cccc(SC(C(=O)Nc3ccc(OCC)cc3)c3ccccc3)c2)cc1. The van der Waals surface area contributed by atoms with Crippen molar-refractivity contribution in [1.29, 1.82) is 0 Å². The normalized spacial score (nSPS) is 11.6. The van der Waals surface area contributed by atoms with Crippen molar-refractivity contribution >= 4 is 46.9 Å². The molecule has 0 saturated heterocycles. The quantitative estimate of drug-likeness (QED) is 0.0810. The van der Waals surface area contributed by atoms with Gasteiger partial charge in [-0.05, 0) is 97.8 Å². The largest absolute Gasteiger partial charge is 0.494 e. The third-order valence-electron chi connectivity index (χ3n) is 7.15. The molecule has 49 heavy (non-hydrogen) atoms. The van der Waals surface area contributed by atoms with Crippen LogP contribution in [0.4, 0.5) is 11.4 Å². The fraction of sp³-hybridized carbons (Fsp3) is 0.125. The second kappa shape index (κ2) is 17.4. The summed E-state index contributed by atoms with van der Waals surface area (Å²) in [7, 11) is 0. The molecule has 248 valence electrons. The van der Waals surface area contributed by atoms with Crippen LogP contribution in [-0.4, -0.2) is 30.9 Å². The minimum absolute atomic E-state index is 0.0629. The Bertz CT molecular complexity index is 1880. The standard InChI is InChI=1S/C40H37N3O5S/c1-3-47-33-22-18-28(19-23-33)26-36(43-38(44)30-14-9-6-10-15-30)39(45)42-32-16-11-17-35(27-32)49-37(29-12-7-5-8-13-29)40(46)41-31-20-24-34(25-21-31)48-4-2/h5-27,37H,3-4H2,1-2H3,(H,41,46)(H,42,45)(H,43,44)/b36-26+. The average Bonchev–Trinajstić information content (AvgIpc) is 3.13. The number of anilines is 2. The number of rotatable bonds is 14. The van der Waals surface area contributed by atoms with Crippen molar-refractivity contribution in [1.82, 2.24) is 5.32 Å². The van der Waals surface area contributed by atoms with E-state index in [-0.39, 0.29) is 11.6 Å². The molecule has 0 heterocycles. The van der Waals surface area contributed by atoms with Gasteiger partial charge in [-0.25, -0.2) is 0 Å². The second-order valence-corrected chi connectivity index (χ2v) is 11.9. The van der Waals surface area contributed by atoms with E-state index in [2.05, 4.69) is 16.0 Å². The highest BCUT2D eigenvalue weighted by Crippen LogP contribution is 2.37. The van der Waals surface area contributed by atoms with Crippen LogP contribution in [0, 0.1) is 0 Å². The van der Waals surface area contributed by atoms with E-state index in [0.717, 1.165) is 16.2 Å². The van der Waals surface area contributed by atoms with E-state index in [1.54, 1.807) is 66.7 Å². The van der Waals surface area contributed by atoms with E-state index >= 15 is 0 Å². The molecule has 0 saturated carbocycles. The third kappa shape index (κ3) is 10.1. The lowest BCUT2D eigenvalue weighted by Crippen LogP contribution is -2.30. The maximum Gasteiger partial charge on any atom is 0.272 e. The first-order chi connectivity index (χ1) is 23.9. The highest BCUT2D eigenvalue weighted by molar-refractivity contribution is 8.00. The summed E-state index contributed by atoms with van der Waals surface area (Å²) in [6.07, 6.45) is 1.61. The van der Waals surface area contributed by atoms with Crippen molar-refractivity contribution < 1.29 is 23.9 Å². The first kappa shape index (κ1) is 34.5. The van der Waals surface area contributed by atoms with Crippen LogP contribution in [0.2, 0.25) is 0 Å². The minimum Gasteiger partial charge on any atom is -0.494 e. The average molecular weight is 672 g/mol. The van der Waals surface area contributed by atoms with Gasteiger partial charge >= 0.3 is 0 Å². The fourth-order valence-corrected chi connectivity index (χ4v) is 5.91. The molecule has 0 bridgehead atoms. The first-order valence-corrected chi connectivity index (χ1v) is 16.8. The molecular formula is C40H37N3O5S. The van der Waals surface area contributed by atoms with E-state index in [1.165, 1.54) is 11.8 Å². The zero-order valence-corrected chi connectivity index (χ0v) is 28.0. The van der Waals surface area contributed by atoms with Crippen LogP contribution in [0.5, 0.6) is 11.5 Å². The van der Waals surface area contributed by atoms with Crippen LogP contribution in [0.25, 0.3) is 6.08 Å². The Morgan fingerprint density at radius 2 is 1.29 bits per heavy atom. The lowest BCUT2D eigenvalue weighted by molar-refractivity contribution is -0.116. The number of nitrogens with one attached hydrogen (secondary N) is 3. The number of benzene rings is 5. The monoisotopic (exact) mass is 671 g/mol. The molecule has 5 aromatic rings. The highest BCUT2D eigenvalue weighted by atomic mass is 32.2. The zero-order chi connectivity index (χ0) is 34.4. The van der Waals surface area contributed by atoms with Crippen molar-refractivity contribution in [2.75, 3.05) is 23.8 Å². The Morgan fingerprint density at radius 1 is 0.673 bits per heavy atom. The summed E-state index contributed by atoms with van der Waals surface area (Å²) in [6.45, 7) is 4.91. The summed E-state index contributed by atoms with van der Waals surface area (Å²) >= 11 is 1.36. The number of carbonyl (C=O) groups excluding carboxylic acids is 3. The van der Waals surface area contributed by atoms with E-state index in [0.29, 0.717) is 41.5 Å². The molecule has 3 amide bonds. The van der Waals surface area contributed by atoms with Gasteiger partial charge in [0.1, 0.15) is 22.4 Å². The Kier molecular flexibility index (Phi) is 12.2. The summed E-state index contributed by atoms with van der Waals surface area (Å²) in [5, 5.41) is 8.12. The number of hydrogen-bond acceptors (Lipinski definition) is 6. The predicted molar refractivity (Wildman–Crippen MR) is 196 cm³/mol. The summed E-state index contributed by atoms with van der Waals surface area (Å²) in [6, 6.07) is 39.9. The number of thioether (sulfide) groups is 1. The number of carbonyl (C=O) groups is 3. The van der Waals surface area contributed by atoms with Gasteiger partial charge in [0.2, 0.25) is 5.91 Å². The Balaban J connectivity index is 1.35. The lowest BCUT2D eigenvalue weighted by atomic mass is 10.1. The molecule has 5 aromatic carbocycles. The molecular weight excluding hydrogens is 635 g/mol. The minimum atomic E-state index is -0.584. The van der Waals surface area contributed by atoms with Crippen LogP contribution in [0.1, 0.15) is 40.6 Å². The molecule has 0 spiro atoms. The number of amides is 3. The van der Waals surface area contributed by atoms with Crippen LogP contribution >= 0.6 is 11.8 Å². The number of hydrogen-bond donors (Lipinski definition) is 3. The van der Waals surface area contributed by atoms with E-state index in [9.17, 15) is 14.4 Å². The molecule has 0 radical (unpaired) electrons. The maximum absolute atomic E-state index is 13.7. The molecule has 0 aliphatic rings. The van der Waals surface area contributed by atoms with Gasteiger partial charge in [0.25, 0.3) is 11.8 Å². The molecule has 9 heteroatoms. The molecule has 1 unspecified atom stereocenters. The molecule has 0 aliphatic carbocycles. The van der Waals surface area contributed by atoms with E-state index < -0.39 is 17.1 Å². The van der Waals surface area contributed by atoms with Gasteiger partial charge in [0.05, 0.1) is 13.2 Å². The maximum atomic E-state index is 13.7. The van der Waals surface area contributed by atoms with E-state index in [4.69, 9.17) is 9.47 Å². The molecule has 0 fully saturated rings. The molecule has 5 rings (SSSR count). The van der Waals surface area contributed by atoms with Gasteiger partial charge < -0.3 is 25.4 Å². The molecule has 3 N–H and O–H groups in total. The van der Waals surface area contributed by atoms with Crippen molar-refractivity contribution in [2.45, 2.75) is 24.0 Å². The van der Waals surface area contributed by atoms with Gasteiger partial charge in [-0.3, -0.25) is 14.4 Å². The Hall–Kier alpha value is -5.80. The van der Waals surface area contributed by atoms with Crippen LogP contribution in [-0.2, 0) is 9.59 Å². The molecule has 8 nitrogen and oxygen atoms in total. The predicted octanol–water partition coefficient (Wildman–Crippen LogP) is 8.37. The zero-order valence-electron chi connectivity index (χ0n) is 27.2. The third-order valence-corrected chi connectivity index (χ3v) is 8.40. The first-order valence-electron chi connectivity index (χ1n) is 15.9. The summed E-state index contributed by atoms with van der Waals surface area (Å²) in [5.74, 6) is 0.314. The van der Waals surface area contributed by atoms with Gasteiger partial charge in [-0.15, -0.1) is 11.8 Å². The molecule has 0 aromatic heterocycles. The van der Waals surface area contributed by atoms with Gasteiger partial charge in [0, 0.05) is 21.8 Å². The van der Waals surface area contributed by atoms with Gasteiger partial charge in [-0.2, -0.15) is 0 Å². The highest BCUT2D eigenvalue weighted by Gasteiger charge is 2.23. The Morgan fingerprint density at radius 3 is 1.92 bits per heavy atom. The topological polar surface area (TPSA) is 106 Å². The summed E-state index contributed by atoms with van der Waals surface area (Å²) in [4.78, 5) is 41.2. The van der Waals surface area contributed by atoms with Crippen molar-refractivity contribution in [3.05, 3.63) is 156 Å². The van der Waals surface area contributed by atoms with Crippen LogP contribution in [0.3, 0.4) is 0 Å². The van der Waals surface area contributed by atoms with Gasteiger partial charge in [-0.1, -0.05) is 66.7 Å². The van der Waals surface area contributed by atoms with E-state index in [1.807, 2.05) is 86.6 Å². The summed E-state index contributed by atoms with van der Waals surface area (Å²) < 4.78 is 11.1. The van der Waals surface area contributed by atoms with Crippen molar-refractivity contribution in [3.8, 4) is 11.5 Å². The van der Waals surface area contributed by atoms with Crippen molar-refractivity contribution in [2.24, 2.45) is 0 Å². The van der Waals surface area contributed by atoms with Crippen LogP contribution < -0.4 is 25.4 Å². The summed E-state index contributed by atoms with van der Waals surface area (Å²) in [5.41, 5.74) is 3.17. The number of ether oxygens (including phenoxy) is 2. The van der Waals surface area contributed by atoms with Crippen molar-refractivity contribution in [3.63, 3.8) is 0 Å². The Labute approximate surface area is 290 Å². The van der Waals surface area contributed by atoms with Crippen LogP contribution in [0.15, 0.2) is 144 Å². The fourth-order valence-electron chi connectivity index (χ4n) is 4.83. The second-order valence-electron chi connectivity index (χ2n) is 10.7. The smallest absolute Gasteiger partial charge is 0.272 e. The van der Waals surface area contributed by atoms with Gasteiger partial charge in [0.15, 0.2) is 0 Å². The molecule has 0 aliphatic heterocycles.